The number of hydrogen-bond donors (Lipinski definition) is 0. The molecule has 0 unspecified atom stereocenters. The lowest BCUT2D eigenvalue weighted by Crippen LogP contribution is -2.14. The molecule has 0 spiro atoms. The first-order valence-electron chi connectivity index (χ1n) is 9.28. The molecule has 4 heteroatoms. The fraction of sp³-hybridized carbons (Fsp3) is 0.571. The smallest absolute Gasteiger partial charge is 0.196 e. The summed E-state index contributed by atoms with van der Waals surface area (Å²) in [7, 11) is 0. The molecule has 1 aromatic carbocycles. The summed E-state index contributed by atoms with van der Waals surface area (Å²) in [4.78, 5) is 0. The van der Waals surface area contributed by atoms with Gasteiger partial charge in [0.1, 0.15) is 6.07 Å². The van der Waals surface area contributed by atoms with Gasteiger partial charge in [-0.15, -0.1) is 0 Å². The molecule has 1 aliphatic rings. The van der Waals surface area contributed by atoms with E-state index in [0.717, 1.165) is 37.2 Å². The Labute approximate surface area is 148 Å². The van der Waals surface area contributed by atoms with E-state index in [1.54, 1.807) is 6.07 Å². The maximum Gasteiger partial charge on any atom is 0.196 e. The SMILES string of the molecule is N#CC(F)=CCC[C@H]1CC[C@H](CCCCc2ccc(F)c(F)c2)CC1. The molecule has 25 heavy (non-hydrogen) atoms. The second kappa shape index (κ2) is 10.3. The molecule has 0 aromatic heterocycles. The number of benzene rings is 1. The van der Waals surface area contributed by atoms with Crippen molar-refractivity contribution in [2.45, 2.75) is 64.2 Å². The number of unbranched alkanes of at least 4 members (excludes halogenated alkanes) is 1. The molecule has 0 saturated heterocycles. The minimum Gasteiger partial charge on any atom is -0.204 e. The van der Waals surface area contributed by atoms with E-state index in [4.69, 9.17) is 5.26 Å². The molecule has 0 radical (unpaired) electrons. The Hall–Kier alpha value is -1.76. The predicted octanol–water partition coefficient (Wildman–Crippen LogP) is 6.64. The molecule has 0 amide bonds. The molecule has 2 rings (SSSR count). The minimum absolute atomic E-state index is 0.654. The number of aryl methyl sites for hydroxylation is 1. The summed E-state index contributed by atoms with van der Waals surface area (Å²) in [5.41, 5.74) is 0.861. The monoisotopic (exact) mass is 349 g/mol. The Morgan fingerprint density at radius 3 is 2.36 bits per heavy atom. The van der Waals surface area contributed by atoms with Crippen molar-refractivity contribution in [1.29, 1.82) is 5.26 Å². The van der Waals surface area contributed by atoms with Gasteiger partial charge in [-0.2, -0.15) is 9.65 Å². The molecule has 1 aromatic rings. The number of nitriles is 1. The van der Waals surface area contributed by atoms with Gasteiger partial charge in [0.2, 0.25) is 0 Å². The summed E-state index contributed by atoms with van der Waals surface area (Å²) in [6.07, 6.45) is 12.0. The van der Waals surface area contributed by atoms with Crippen LogP contribution in [0.4, 0.5) is 13.2 Å². The molecule has 136 valence electrons. The lowest BCUT2D eigenvalue weighted by molar-refractivity contribution is 0.250. The summed E-state index contributed by atoms with van der Waals surface area (Å²) < 4.78 is 38.8. The van der Waals surface area contributed by atoms with E-state index in [1.165, 1.54) is 56.4 Å². The number of hydrogen-bond acceptors (Lipinski definition) is 1. The van der Waals surface area contributed by atoms with Gasteiger partial charge in [0.15, 0.2) is 17.5 Å². The van der Waals surface area contributed by atoms with Gasteiger partial charge in [-0.25, -0.2) is 8.78 Å². The Morgan fingerprint density at radius 2 is 1.72 bits per heavy atom. The van der Waals surface area contributed by atoms with Crippen molar-refractivity contribution in [3.05, 3.63) is 47.3 Å². The highest BCUT2D eigenvalue weighted by Gasteiger charge is 2.20. The number of halogens is 3. The van der Waals surface area contributed by atoms with Gasteiger partial charge >= 0.3 is 0 Å². The zero-order chi connectivity index (χ0) is 18.1. The molecule has 0 heterocycles. The molecule has 1 aliphatic carbocycles. The van der Waals surface area contributed by atoms with Gasteiger partial charge in [-0.05, 0) is 61.3 Å². The molecule has 0 aliphatic heterocycles. The largest absolute Gasteiger partial charge is 0.204 e. The average molecular weight is 349 g/mol. The van der Waals surface area contributed by atoms with Crippen LogP contribution in [0.5, 0.6) is 0 Å². The molecule has 1 fully saturated rings. The Bertz CT molecular complexity index is 610. The van der Waals surface area contributed by atoms with Gasteiger partial charge < -0.3 is 0 Å². The Kier molecular flexibility index (Phi) is 8.04. The van der Waals surface area contributed by atoms with Crippen molar-refractivity contribution in [2.75, 3.05) is 0 Å². The first-order chi connectivity index (χ1) is 12.1. The quantitative estimate of drug-likeness (QED) is 0.381. The third-order valence-electron chi connectivity index (χ3n) is 5.28. The standard InChI is InChI=1S/C21H26F3N/c22-19(15-25)7-3-6-17-10-8-16(9-11-17)4-1-2-5-18-12-13-20(23)21(24)14-18/h7,12-14,16-17H,1-6,8-11H2/t16-,17-. The maximum absolute atomic E-state index is 13.2. The van der Waals surface area contributed by atoms with E-state index in [0.29, 0.717) is 12.3 Å². The summed E-state index contributed by atoms with van der Waals surface area (Å²) in [5.74, 6) is -0.810. The second-order valence-corrected chi connectivity index (χ2v) is 7.12. The van der Waals surface area contributed by atoms with Crippen LogP contribution in [-0.2, 0) is 6.42 Å². The van der Waals surface area contributed by atoms with E-state index >= 15 is 0 Å². The first kappa shape index (κ1) is 19.6. The van der Waals surface area contributed by atoms with Crippen LogP contribution >= 0.6 is 0 Å². The molecule has 1 saturated carbocycles. The molecule has 1 nitrogen and oxygen atoms in total. The lowest BCUT2D eigenvalue weighted by Gasteiger charge is -2.28. The van der Waals surface area contributed by atoms with Crippen LogP contribution in [0.25, 0.3) is 0 Å². The summed E-state index contributed by atoms with van der Waals surface area (Å²) >= 11 is 0. The topological polar surface area (TPSA) is 23.8 Å². The fourth-order valence-electron chi connectivity index (χ4n) is 3.76. The van der Waals surface area contributed by atoms with Crippen LogP contribution in [0.2, 0.25) is 0 Å². The highest BCUT2D eigenvalue weighted by molar-refractivity contribution is 5.17. The molecule has 0 N–H and O–H groups in total. The summed E-state index contributed by atoms with van der Waals surface area (Å²) in [5, 5.41) is 8.38. The summed E-state index contributed by atoms with van der Waals surface area (Å²) in [6, 6.07) is 5.66. The maximum atomic E-state index is 13.2. The highest BCUT2D eigenvalue weighted by Crippen LogP contribution is 2.34. The van der Waals surface area contributed by atoms with Crippen LogP contribution in [-0.4, -0.2) is 0 Å². The van der Waals surface area contributed by atoms with Gasteiger partial charge in [0.25, 0.3) is 0 Å². The van der Waals surface area contributed by atoms with Gasteiger partial charge in [-0.3, -0.25) is 0 Å². The van der Waals surface area contributed by atoms with E-state index in [9.17, 15) is 13.2 Å². The third kappa shape index (κ3) is 6.94. The van der Waals surface area contributed by atoms with Crippen molar-refractivity contribution < 1.29 is 13.2 Å². The number of rotatable bonds is 8. The van der Waals surface area contributed by atoms with Crippen LogP contribution in [0.15, 0.2) is 30.1 Å². The second-order valence-electron chi connectivity index (χ2n) is 7.12. The normalized spacial score (nSPS) is 21.1. The Balaban J connectivity index is 1.58. The van der Waals surface area contributed by atoms with E-state index in [2.05, 4.69) is 0 Å². The van der Waals surface area contributed by atoms with E-state index in [1.807, 2.05) is 0 Å². The van der Waals surface area contributed by atoms with Gasteiger partial charge in [0.05, 0.1) is 0 Å². The predicted molar refractivity (Wildman–Crippen MR) is 93.4 cm³/mol. The van der Waals surface area contributed by atoms with Crippen LogP contribution < -0.4 is 0 Å². The van der Waals surface area contributed by atoms with Crippen molar-refractivity contribution in [3.8, 4) is 6.07 Å². The first-order valence-corrected chi connectivity index (χ1v) is 9.28. The highest BCUT2D eigenvalue weighted by atomic mass is 19.2. The molecule has 0 bridgehead atoms. The van der Waals surface area contributed by atoms with Crippen LogP contribution in [0, 0.1) is 34.8 Å². The summed E-state index contributed by atoms with van der Waals surface area (Å²) in [6.45, 7) is 0. The fourth-order valence-corrected chi connectivity index (χ4v) is 3.76. The number of allylic oxidation sites excluding steroid dienone is 2. The van der Waals surface area contributed by atoms with Crippen molar-refractivity contribution >= 4 is 0 Å². The molecule has 0 atom stereocenters. The van der Waals surface area contributed by atoms with Crippen molar-refractivity contribution in [2.24, 2.45) is 11.8 Å². The average Bonchev–Trinajstić information content (AvgIpc) is 2.62. The molecular weight excluding hydrogens is 323 g/mol. The minimum atomic E-state index is -0.786. The van der Waals surface area contributed by atoms with Crippen molar-refractivity contribution in [3.63, 3.8) is 0 Å². The third-order valence-corrected chi connectivity index (χ3v) is 5.28. The zero-order valence-electron chi connectivity index (χ0n) is 14.6. The molecular formula is C21H26F3N. The van der Waals surface area contributed by atoms with Crippen LogP contribution in [0.3, 0.4) is 0 Å². The van der Waals surface area contributed by atoms with E-state index < -0.39 is 17.5 Å². The lowest BCUT2D eigenvalue weighted by atomic mass is 9.78. The van der Waals surface area contributed by atoms with Crippen LogP contribution in [0.1, 0.15) is 63.4 Å². The van der Waals surface area contributed by atoms with E-state index in [-0.39, 0.29) is 0 Å². The zero-order valence-corrected chi connectivity index (χ0v) is 14.6. The number of nitrogens with zero attached hydrogens (tertiary/aromatic N) is 1. The Morgan fingerprint density at radius 1 is 1.04 bits per heavy atom. The van der Waals surface area contributed by atoms with Crippen molar-refractivity contribution in [1.82, 2.24) is 0 Å². The van der Waals surface area contributed by atoms with Gasteiger partial charge in [-0.1, -0.05) is 44.6 Å². The van der Waals surface area contributed by atoms with Gasteiger partial charge in [0, 0.05) is 0 Å².